The lowest BCUT2D eigenvalue weighted by atomic mass is 9.96. The van der Waals surface area contributed by atoms with E-state index in [-0.39, 0.29) is 12.5 Å². The Morgan fingerprint density at radius 3 is 2.55 bits per heavy atom. The molecule has 2 aromatic heterocycles. The summed E-state index contributed by atoms with van der Waals surface area (Å²) in [5, 5.41) is 13.2. The van der Waals surface area contributed by atoms with E-state index in [2.05, 4.69) is 5.32 Å². The standard InChI is InChI=1S/C17H21NO4/c1-11-5-6-14(22-11)7-8-16(19)18-10-17(4,20)15-9-12(2)21-13(15)3/h5-9,20H,10H2,1-4H3,(H,18,19)/b8-7+/t17-/m1/s1. The largest absolute Gasteiger partial charge is 0.466 e. The third-order valence-electron chi connectivity index (χ3n) is 3.39. The minimum atomic E-state index is -1.19. The van der Waals surface area contributed by atoms with Gasteiger partial charge in [-0.3, -0.25) is 4.79 Å². The molecule has 0 aliphatic rings. The van der Waals surface area contributed by atoms with Crippen LogP contribution in [0.2, 0.25) is 0 Å². The van der Waals surface area contributed by atoms with Crippen LogP contribution in [0.3, 0.4) is 0 Å². The van der Waals surface area contributed by atoms with Crippen molar-refractivity contribution in [3.8, 4) is 0 Å². The molecular formula is C17H21NO4. The molecule has 0 spiro atoms. The Labute approximate surface area is 129 Å². The van der Waals surface area contributed by atoms with Crippen molar-refractivity contribution in [2.75, 3.05) is 6.54 Å². The number of hydrogen-bond acceptors (Lipinski definition) is 4. The number of aliphatic hydroxyl groups is 1. The SMILES string of the molecule is Cc1ccc(/C=C/C(=O)NC[C@@](C)(O)c2cc(C)oc2C)o1. The lowest BCUT2D eigenvalue weighted by molar-refractivity contribution is -0.117. The summed E-state index contributed by atoms with van der Waals surface area (Å²) >= 11 is 0. The summed E-state index contributed by atoms with van der Waals surface area (Å²) in [7, 11) is 0. The maximum atomic E-state index is 11.8. The van der Waals surface area contributed by atoms with Crippen molar-refractivity contribution in [1.82, 2.24) is 5.32 Å². The van der Waals surface area contributed by atoms with Crippen molar-refractivity contribution in [2.45, 2.75) is 33.3 Å². The van der Waals surface area contributed by atoms with E-state index in [4.69, 9.17) is 8.83 Å². The van der Waals surface area contributed by atoms with Crippen LogP contribution < -0.4 is 5.32 Å². The van der Waals surface area contributed by atoms with Crippen LogP contribution in [0.5, 0.6) is 0 Å². The van der Waals surface area contributed by atoms with Gasteiger partial charge >= 0.3 is 0 Å². The summed E-state index contributed by atoms with van der Waals surface area (Å²) in [6.45, 7) is 7.18. The van der Waals surface area contributed by atoms with Crippen LogP contribution in [-0.4, -0.2) is 17.6 Å². The predicted molar refractivity (Wildman–Crippen MR) is 83.2 cm³/mol. The molecule has 0 radical (unpaired) electrons. The van der Waals surface area contributed by atoms with Crippen LogP contribution in [0.15, 0.2) is 33.1 Å². The molecule has 0 unspecified atom stereocenters. The van der Waals surface area contributed by atoms with E-state index in [9.17, 15) is 9.90 Å². The maximum absolute atomic E-state index is 11.8. The predicted octanol–water partition coefficient (Wildman–Crippen LogP) is 2.83. The number of aryl methyl sites for hydroxylation is 3. The van der Waals surface area contributed by atoms with Crippen molar-refractivity contribution >= 4 is 12.0 Å². The Kier molecular flexibility index (Phi) is 4.56. The minimum absolute atomic E-state index is 0.0904. The normalized spacial score (nSPS) is 14.2. The summed E-state index contributed by atoms with van der Waals surface area (Å²) in [4.78, 5) is 11.8. The average molecular weight is 303 g/mol. The van der Waals surface area contributed by atoms with Gasteiger partial charge in [0.15, 0.2) is 0 Å². The Hall–Kier alpha value is -2.27. The molecule has 118 valence electrons. The molecule has 1 atom stereocenters. The molecule has 0 saturated carbocycles. The molecule has 0 saturated heterocycles. The first-order valence-corrected chi connectivity index (χ1v) is 7.10. The van der Waals surface area contributed by atoms with E-state index in [1.54, 1.807) is 32.1 Å². The Morgan fingerprint density at radius 2 is 2.00 bits per heavy atom. The van der Waals surface area contributed by atoms with Crippen LogP contribution in [0, 0.1) is 20.8 Å². The number of furan rings is 2. The van der Waals surface area contributed by atoms with Crippen LogP contribution in [-0.2, 0) is 10.4 Å². The number of nitrogens with one attached hydrogen (secondary N) is 1. The molecule has 1 amide bonds. The number of amides is 1. The van der Waals surface area contributed by atoms with Gasteiger partial charge in [-0.15, -0.1) is 0 Å². The molecule has 2 heterocycles. The van der Waals surface area contributed by atoms with Gasteiger partial charge in [0.25, 0.3) is 0 Å². The third-order valence-corrected chi connectivity index (χ3v) is 3.39. The van der Waals surface area contributed by atoms with Crippen molar-refractivity contribution < 1.29 is 18.7 Å². The van der Waals surface area contributed by atoms with Crippen molar-refractivity contribution in [2.24, 2.45) is 0 Å². The van der Waals surface area contributed by atoms with Gasteiger partial charge in [-0.05, 0) is 52.0 Å². The molecule has 0 bridgehead atoms. The van der Waals surface area contributed by atoms with Crippen LogP contribution >= 0.6 is 0 Å². The summed E-state index contributed by atoms with van der Waals surface area (Å²) in [5.41, 5.74) is -0.511. The molecule has 0 aliphatic heterocycles. The number of hydrogen-bond donors (Lipinski definition) is 2. The lowest BCUT2D eigenvalue weighted by Crippen LogP contribution is -2.38. The molecule has 2 N–H and O–H groups in total. The molecule has 22 heavy (non-hydrogen) atoms. The van der Waals surface area contributed by atoms with Gasteiger partial charge in [-0.2, -0.15) is 0 Å². The highest BCUT2D eigenvalue weighted by Gasteiger charge is 2.27. The van der Waals surface area contributed by atoms with Crippen molar-refractivity contribution in [3.05, 3.63) is 52.9 Å². The zero-order valence-corrected chi connectivity index (χ0v) is 13.3. The molecule has 0 aromatic carbocycles. The molecule has 2 rings (SSSR count). The van der Waals surface area contributed by atoms with Crippen LogP contribution in [0.25, 0.3) is 6.08 Å². The van der Waals surface area contributed by atoms with Gasteiger partial charge in [0, 0.05) is 11.6 Å². The van der Waals surface area contributed by atoms with Gasteiger partial charge in [0.05, 0.1) is 6.54 Å². The maximum Gasteiger partial charge on any atom is 0.244 e. The summed E-state index contributed by atoms with van der Waals surface area (Å²) in [6.07, 6.45) is 2.96. The van der Waals surface area contributed by atoms with Crippen molar-refractivity contribution in [3.63, 3.8) is 0 Å². The Morgan fingerprint density at radius 1 is 1.27 bits per heavy atom. The molecule has 5 heteroatoms. The van der Waals surface area contributed by atoms with Gasteiger partial charge in [0.1, 0.15) is 28.6 Å². The Balaban J connectivity index is 1.95. The van der Waals surface area contributed by atoms with Crippen LogP contribution in [0.1, 0.15) is 35.5 Å². The zero-order chi connectivity index (χ0) is 16.3. The number of carbonyl (C=O) groups is 1. The monoisotopic (exact) mass is 303 g/mol. The van der Waals surface area contributed by atoms with Crippen LogP contribution in [0.4, 0.5) is 0 Å². The van der Waals surface area contributed by atoms with E-state index in [1.165, 1.54) is 6.08 Å². The highest BCUT2D eigenvalue weighted by molar-refractivity contribution is 5.91. The second-order valence-electron chi connectivity index (χ2n) is 5.60. The second-order valence-corrected chi connectivity index (χ2v) is 5.60. The molecule has 0 fully saturated rings. The van der Waals surface area contributed by atoms with E-state index in [1.807, 2.05) is 19.9 Å². The van der Waals surface area contributed by atoms with Gasteiger partial charge < -0.3 is 19.3 Å². The Bertz CT molecular complexity index is 691. The minimum Gasteiger partial charge on any atom is -0.466 e. The van der Waals surface area contributed by atoms with E-state index in [0.29, 0.717) is 17.1 Å². The first-order valence-electron chi connectivity index (χ1n) is 7.10. The lowest BCUT2D eigenvalue weighted by Gasteiger charge is -2.22. The molecule has 0 aliphatic carbocycles. The number of rotatable bonds is 5. The molecular weight excluding hydrogens is 282 g/mol. The zero-order valence-electron chi connectivity index (χ0n) is 13.3. The smallest absolute Gasteiger partial charge is 0.244 e. The van der Waals surface area contributed by atoms with Gasteiger partial charge in [-0.25, -0.2) is 0 Å². The van der Waals surface area contributed by atoms with E-state index in [0.717, 1.165) is 11.5 Å². The number of carbonyl (C=O) groups excluding carboxylic acids is 1. The fraction of sp³-hybridized carbons (Fsp3) is 0.353. The fourth-order valence-corrected chi connectivity index (χ4v) is 2.28. The quantitative estimate of drug-likeness (QED) is 0.833. The highest BCUT2D eigenvalue weighted by Crippen LogP contribution is 2.26. The third kappa shape index (κ3) is 3.89. The van der Waals surface area contributed by atoms with E-state index < -0.39 is 5.60 Å². The molecule has 5 nitrogen and oxygen atoms in total. The van der Waals surface area contributed by atoms with Gasteiger partial charge in [0.2, 0.25) is 5.91 Å². The fourth-order valence-electron chi connectivity index (χ4n) is 2.28. The van der Waals surface area contributed by atoms with Gasteiger partial charge in [-0.1, -0.05) is 0 Å². The first kappa shape index (κ1) is 16.1. The second kappa shape index (κ2) is 6.23. The topological polar surface area (TPSA) is 75.6 Å². The summed E-state index contributed by atoms with van der Waals surface area (Å²) in [6, 6.07) is 5.39. The molecule has 2 aromatic rings. The summed E-state index contributed by atoms with van der Waals surface area (Å²) in [5.74, 6) is 2.48. The highest BCUT2D eigenvalue weighted by atomic mass is 16.3. The summed E-state index contributed by atoms with van der Waals surface area (Å²) < 4.78 is 10.8. The van der Waals surface area contributed by atoms with Crippen molar-refractivity contribution in [1.29, 1.82) is 0 Å². The first-order chi connectivity index (χ1) is 10.3. The average Bonchev–Trinajstić information content (AvgIpc) is 3.00. The van der Waals surface area contributed by atoms with E-state index >= 15 is 0 Å².